The van der Waals surface area contributed by atoms with Crippen molar-refractivity contribution in [3.63, 3.8) is 0 Å². The van der Waals surface area contributed by atoms with Gasteiger partial charge in [0.2, 0.25) is 17.6 Å². The average Bonchev–Trinajstić information content (AvgIpc) is 3.48. The van der Waals surface area contributed by atoms with Crippen LogP contribution in [-0.2, 0) is 16.1 Å². The van der Waals surface area contributed by atoms with Gasteiger partial charge in [-0.15, -0.1) is 0 Å². The fraction of sp³-hybridized carbons (Fsp3) is 0.167. The summed E-state index contributed by atoms with van der Waals surface area (Å²) < 4.78 is 5.36. The number of amides is 2. The lowest BCUT2D eigenvalue weighted by atomic mass is 10.1. The average molecular weight is 440 g/mol. The van der Waals surface area contributed by atoms with Gasteiger partial charge < -0.3 is 14.7 Å². The summed E-state index contributed by atoms with van der Waals surface area (Å²) in [6, 6.07) is 14.5. The number of carbonyl (C=O) groups excluding carboxylic acids is 2. The van der Waals surface area contributed by atoms with Crippen LogP contribution in [0.5, 0.6) is 0 Å². The summed E-state index contributed by atoms with van der Waals surface area (Å²) in [5.41, 5.74) is 3.12. The first-order chi connectivity index (χ1) is 16.2. The van der Waals surface area contributed by atoms with E-state index in [-0.39, 0.29) is 18.2 Å². The molecule has 2 amide bonds. The molecule has 164 valence electrons. The van der Waals surface area contributed by atoms with Crippen molar-refractivity contribution in [2.24, 2.45) is 5.92 Å². The number of aromatic nitrogens is 4. The molecule has 3 aromatic heterocycles. The highest BCUT2D eigenvalue weighted by molar-refractivity contribution is 5.97. The zero-order valence-corrected chi connectivity index (χ0v) is 17.6. The molecular formula is C24H20N6O3. The monoisotopic (exact) mass is 440 g/mol. The van der Waals surface area contributed by atoms with Crippen LogP contribution < -0.4 is 5.32 Å². The number of likely N-dealkylation sites (tertiary alicyclic amines) is 1. The molecule has 1 fully saturated rings. The molecule has 1 unspecified atom stereocenters. The molecule has 0 saturated carbocycles. The second-order valence-electron chi connectivity index (χ2n) is 7.76. The first-order valence-corrected chi connectivity index (χ1v) is 10.5. The van der Waals surface area contributed by atoms with Crippen molar-refractivity contribution in [2.45, 2.75) is 13.0 Å². The summed E-state index contributed by atoms with van der Waals surface area (Å²) in [4.78, 5) is 39.2. The van der Waals surface area contributed by atoms with Crippen molar-refractivity contribution < 1.29 is 14.1 Å². The van der Waals surface area contributed by atoms with E-state index >= 15 is 0 Å². The fourth-order valence-electron chi connectivity index (χ4n) is 3.71. The number of benzene rings is 1. The first kappa shape index (κ1) is 20.5. The quantitative estimate of drug-likeness (QED) is 0.490. The van der Waals surface area contributed by atoms with E-state index in [9.17, 15) is 9.59 Å². The van der Waals surface area contributed by atoms with Gasteiger partial charge in [-0.3, -0.25) is 19.6 Å². The van der Waals surface area contributed by atoms with Crippen LogP contribution >= 0.6 is 0 Å². The zero-order valence-electron chi connectivity index (χ0n) is 17.6. The molecule has 0 aliphatic carbocycles. The third kappa shape index (κ3) is 4.62. The molecular weight excluding hydrogens is 420 g/mol. The molecule has 1 aliphatic heterocycles. The number of rotatable bonds is 6. The van der Waals surface area contributed by atoms with Crippen molar-refractivity contribution >= 4 is 17.5 Å². The van der Waals surface area contributed by atoms with Crippen molar-refractivity contribution in [2.75, 3.05) is 11.9 Å². The van der Waals surface area contributed by atoms with Crippen molar-refractivity contribution in [3.8, 4) is 22.8 Å². The van der Waals surface area contributed by atoms with Crippen LogP contribution in [0.4, 0.5) is 5.69 Å². The minimum absolute atomic E-state index is 0.0317. The van der Waals surface area contributed by atoms with E-state index in [4.69, 9.17) is 4.52 Å². The second kappa shape index (κ2) is 8.99. The number of hydrogen-bond acceptors (Lipinski definition) is 7. The maximum absolute atomic E-state index is 12.7. The Morgan fingerprint density at radius 3 is 2.61 bits per heavy atom. The van der Waals surface area contributed by atoms with Gasteiger partial charge in [0.15, 0.2) is 0 Å². The Bertz CT molecular complexity index is 1260. The Kier molecular flexibility index (Phi) is 5.59. The molecule has 4 aromatic rings. The SMILES string of the molecule is O=C(Nc1ccc(-c2nc(-c3ccncc3)no2)cc1)C1CC(=O)N(Cc2cccnc2)C1. The van der Waals surface area contributed by atoms with Crippen LogP contribution in [0.1, 0.15) is 12.0 Å². The third-order valence-corrected chi connectivity index (χ3v) is 5.45. The van der Waals surface area contributed by atoms with Gasteiger partial charge in [0.05, 0.1) is 5.92 Å². The Labute approximate surface area is 189 Å². The highest BCUT2D eigenvalue weighted by Crippen LogP contribution is 2.25. The summed E-state index contributed by atoms with van der Waals surface area (Å²) >= 11 is 0. The van der Waals surface area contributed by atoms with Crippen LogP contribution in [0.15, 0.2) is 77.8 Å². The van der Waals surface area contributed by atoms with Crippen LogP contribution in [-0.4, -0.2) is 43.4 Å². The van der Waals surface area contributed by atoms with Gasteiger partial charge in [0.25, 0.3) is 5.89 Å². The molecule has 1 saturated heterocycles. The lowest BCUT2D eigenvalue weighted by Crippen LogP contribution is -2.28. The molecule has 1 atom stereocenters. The number of nitrogens with one attached hydrogen (secondary N) is 1. The van der Waals surface area contributed by atoms with Gasteiger partial charge >= 0.3 is 0 Å². The van der Waals surface area contributed by atoms with Gasteiger partial charge in [0.1, 0.15) is 0 Å². The molecule has 33 heavy (non-hydrogen) atoms. The predicted molar refractivity (Wildman–Crippen MR) is 119 cm³/mol. The zero-order chi connectivity index (χ0) is 22.6. The summed E-state index contributed by atoms with van der Waals surface area (Å²) in [7, 11) is 0. The Hall–Kier alpha value is -4.40. The van der Waals surface area contributed by atoms with E-state index < -0.39 is 5.92 Å². The number of anilines is 1. The van der Waals surface area contributed by atoms with Gasteiger partial charge in [-0.1, -0.05) is 11.2 Å². The van der Waals surface area contributed by atoms with Crippen LogP contribution in [0.2, 0.25) is 0 Å². The third-order valence-electron chi connectivity index (χ3n) is 5.45. The molecule has 0 bridgehead atoms. The topological polar surface area (TPSA) is 114 Å². The summed E-state index contributed by atoms with van der Waals surface area (Å²) in [6.07, 6.45) is 6.95. The Balaban J connectivity index is 1.20. The van der Waals surface area contributed by atoms with E-state index in [2.05, 4.69) is 25.4 Å². The van der Waals surface area contributed by atoms with E-state index in [1.807, 2.05) is 12.1 Å². The molecule has 1 aromatic carbocycles. The molecule has 0 radical (unpaired) electrons. The Morgan fingerprint density at radius 2 is 1.85 bits per heavy atom. The maximum Gasteiger partial charge on any atom is 0.258 e. The van der Waals surface area contributed by atoms with E-state index in [0.717, 1.165) is 16.7 Å². The summed E-state index contributed by atoms with van der Waals surface area (Å²) in [5.74, 6) is 0.254. The van der Waals surface area contributed by atoms with Crippen molar-refractivity contribution in [1.82, 2.24) is 25.0 Å². The largest absolute Gasteiger partial charge is 0.337 e. The minimum Gasteiger partial charge on any atom is -0.337 e. The lowest BCUT2D eigenvalue weighted by molar-refractivity contribution is -0.128. The highest BCUT2D eigenvalue weighted by Gasteiger charge is 2.34. The normalized spacial score (nSPS) is 15.6. The number of hydrogen-bond donors (Lipinski definition) is 1. The van der Waals surface area contributed by atoms with Gasteiger partial charge in [-0.05, 0) is 48.0 Å². The minimum atomic E-state index is -0.396. The van der Waals surface area contributed by atoms with Crippen molar-refractivity contribution in [1.29, 1.82) is 0 Å². The fourth-order valence-corrected chi connectivity index (χ4v) is 3.71. The lowest BCUT2D eigenvalue weighted by Gasteiger charge is -2.16. The van der Waals surface area contributed by atoms with Gasteiger partial charge in [0, 0.05) is 61.1 Å². The van der Waals surface area contributed by atoms with Crippen LogP contribution in [0, 0.1) is 5.92 Å². The standard InChI is InChI=1S/C24H20N6O3/c31-21-12-19(15-30(21)14-16-2-1-9-26-13-16)23(32)27-20-5-3-18(4-6-20)24-28-22(29-33-24)17-7-10-25-11-8-17/h1-11,13,19H,12,14-15H2,(H,27,32). The smallest absolute Gasteiger partial charge is 0.258 e. The first-order valence-electron chi connectivity index (χ1n) is 10.5. The predicted octanol–water partition coefficient (Wildman–Crippen LogP) is 3.18. The molecule has 1 aliphatic rings. The van der Waals surface area contributed by atoms with Gasteiger partial charge in [-0.25, -0.2) is 0 Å². The molecule has 1 N–H and O–H groups in total. The molecule has 9 heteroatoms. The van der Waals surface area contributed by atoms with Crippen LogP contribution in [0.3, 0.4) is 0 Å². The number of carbonyl (C=O) groups is 2. The van der Waals surface area contributed by atoms with Crippen LogP contribution in [0.25, 0.3) is 22.8 Å². The number of pyridine rings is 2. The maximum atomic E-state index is 12.7. The van der Waals surface area contributed by atoms with Gasteiger partial charge in [-0.2, -0.15) is 4.98 Å². The molecule has 9 nitrogen and oxygen atoms in total. The molecule has 0 spiro atoms. The van der Waals surface area contributed by atoms with E-state index in [1.165, 1.54) is 0 Å². The Morgan fingerprint density at radius 1 is 1.03 bits per heavy atom. The number of nitrogens with zero attached hydrogens (tertiary/aromatic N) is 5. The molecule has 4 heterocycles. The molecule has 5 rings (SSSR count). The van der Waals surface area contributed by atoms with E-state index in [0.29, 0.717) is 30.5 Å². The van der Waals surface area contributed by atoms with Crippen molar-refractivity contribution in [3.05, 3.63) is 78.9 Å². The second-order valence-corrected chi connectivity index (χ2v) is 7.76. The highest BCUT2D eigenvalue weighted by atomic mass is 16.5. The summed E-state index contributed by atoms with van der Waals surface area (Å²) in [6.45, 7) is 0.841. The summed E-state index contributed by atoms with van der Waals surface area (Å²) in [5, 5.41) is 6.90. The van der Waals surface area contributed by atoms with E-state index in [1.54, 1.807) is 66.1 Å².